The van der Waals surface area contributed by atoms with Gasteiger partial charge in [-0.1, -0.05) is 35.4 Å². The lowest BCUT2D eigenvalue weighted by molar-refractivity contribution is -0.119. The Morgan fingerprint density at radius 1 is 1.00 bits per heavy atom. The van der Waals surface area contributed by atoms with Crippen LogP contribution in [-0.2, 0) is 9.53 Å². The second-order valence-corrected chi connectivity index (χ2v) is 4.87. The van der Waals surface area contributed by atoms with E-state index >= 15 is 0 Å². The molecule has 0 atom stereocenters. The van der Waals surface area contributed by atoms with Crippen LogP contribution in [0.15, 0.2) is 48.5 Å². The van der Waals surface area contributed by atoms with E-state index in [4.69, 9.17) is 4.74 Å². The number of hydrogen-bond donors (Lipinski definition) is 1. The van der Waals surface area contributed by atoms with Crippen molar-refractivity contribution in [1.29, 1.82) is 0 Å². The maximum Gasteiger partial charge on any atom is 0.338 e. The summed E-state index contributed by atoms with van der Waals surface area (Å²) in [5.74, 6) is -0.857. The summed E-state index contributed by atoms with van der Waals surface area (Å²) in [5.41, 5.74) is 3.09. The van der Waals surface area contributed by atoms with Gasteiger partial charge in [-0.15, -0.1) is 0 Å². The average molecular weight is 283 g/mol. The summed E-state index contributed by atoms with van der Waals surface area (Å²) in [6.45, 7) is 3.51. The number of carbonyl (C=O) groups excluding carboxylic acids is 2. The van der Waals surface area contributed by atoms with Crippen molar-refractivity contribution in [3.05, 3.63) is 65.2 Å². The van der Waals surface area contributed by atoms with Gasteiger partial charge in [-0.05, 0) is 38.1 Å². The lowest BCUT2D eigenvalue weighted by Gasteiger charge is -2.07. The topological polar surface area (TPSA) is 55.4 Å². The zero-order valence-electron chi connectivity index (χ0n) is 12.1. The van der Waals surface area contributed by atoms with E-state index in [-0.39, 0.29) is 12.5 Å². The van der Waals surface area contributed by atoms with Crippen LogP contribution in [0.25, 0.3) is 0 Å². The molecule has 0 aliphatic heterocycles. The van der Waals surface area contributed by atoms with Crippen LogP contribution in [0, 0.1) is 13.8 Å². The summed E-state index contributed by atoms with van der Waals surface area (Å²) >= 11 is 0. The van der Waals surface area contributed by atoms with Crippen LogP contribution < -0.4 is 5.32 Å². The number of ether oxygens (including phenoxy) is 1. The number of aryl methyl sites for hydroxylation is 2. The highest BCUT2D eigenvalue weighted by molar-refractivity contribution is 5.95. The summed E-state index contributed by atoms with van der Waals surface area (Å²) in [6, 6.07) is 14.5. The lowest BCUT2D eigenvalue weighted by atomic mass is 10.1. The third-order valence-electron chi connectivity index (χ3n) is 2.85. The third kappa shape index (κ3) is 4.45. The van der Waals surface area contributed by atoms with Gasteiger partial charge in [0.2, 0.25) is 0 Å². The lowest BCUT2D eigenvalue weighted by Crippen LogP contribution is -2.20. The molecule has 2 aromatic carbocycles. The molecule has 4 heteroatoms. The summed E-state index contributed by atoms with van der Waals surface area (Å²) < 4.78 is 5.02. The van der Waals surface area contributed by atoms with Gasteiger partial charge in [0.15, 0.2) is 6.61 Å². The number of anilines is 1. The van der Waals surface area contributed by atoms with Crippen molar-refractivity contribution in [2.24, 2.45) is 0 Å². The van der Waals surface area contributed by atoms with Crippen molar-refractivity contribution in [3.8, 4) is 0 Å². The third-order valence-corrected chi connectivity index (χ3v) is 2.85. The maximum absolute atomic E-state index is 11.9. The molecule has 0 saturated heterocycles. The van der Waals surface area contributed by atoms with Crippen LogP contribution in [0.4, 0.5) is 5.69 Å². The van der Waals surface area contributed by atoms with Crippen LogP contribution in [0.5, 0.6) is 0 Å². The number of esters is 1. The molecule has 0 saturated carbocycles. The fourth-order valence-corrected chi connectivity index (χ4v) is 2.03. The summed E-state index contributed by atoms with van der Waals surface area (Å²) in [7, 11) is 0. The van der Waals surface area contributed by atoms with Gasteiger partial charge in [0.1, 0.15) is 0 Å². The largest absolute Gasteiger partial charge is 0.452 e. The molecule has 0 radical (unpaired) electrons. The molecule has 0 fully saturated rings. The summed E-state index contributed by atoms with van der Waals surface area (Å²) in [5, 5.41) is 2.66. The zero-order chi connectivity index (χ0) is 15.2. The van der Waals surface area contributed by atoms with Crippen LogP contribution in [0.2, 0.25) is 0 Å². The average Bonchev–Trinajstić information content (AvgIpc) is 2.45. The monoisotopic (exact) mass is 283 g/mol. The van der Waals surface area contributed by atoms with Crippen molar-refractivity contribution >= 4 is 17.6 Å². The second-order valence-electron chi connectivity index (χ2n) is 4.87. The molecule has 0 aliphatic rings. The first-order valence-corrected chi connectivity index (χ1v) is 6.65. The van der Waals surface area contributed by atoms with E-state index in [1.807, 2.05) is 38.1 Å². The number of nitrogens with one attached hydrogen (secondary N) is 1. The molecule has 0 heterocycles. The highest BCUT2D eigenvalue weighted by Crippen LogP contribution is 2.10. The van der Waals surface area contributed by atoms with Crippen molar-refractivity contribution in [3.63, 3.8) is 0 Å². The highest BCUT2D eigenvalue weighted by atomic mass is 16.5. The van der Waals surface area contributed by atoms with Gasteiger partial charge in [-0.3, -0.25) is 4.79 Å². The van der Waals surface area contributed by atoms with Crippen LogP contribution in [0.1, 0.15) is 21.5 Å². The standard InChI is InChI=1S/C17H17NO3/c1-12-8-13(2)10-14(9-12)17(20)21-11-16(19)18-15-6-4-3-5-7-15/h3-10H,11H2,1-2H3,(H,18,19). The molecule has 108 valence electrons. The Morgan fingerprint density at radius 2 is 1.62 bits per heavy atom. The van der Waals surface area contributed by atoms with Crippen LogP contribution in [-0.4, -0.2) is 18.5 Å². The van der Waals surface area contributed by atoms with Gasteiger partial charge in [0.25, 0.3) is 5.91 Å². The quantitative estimate of drug-likeness (QED) is 0.877. The van der Waals surface area contributed by atoms with Gasteiger partial charge < -0.3 is 10.1 Å². The number of rotatable bonds is 4. The van der Waals surface area contributed by atoms with E-state index in [0.717, 1.165) is 11.1 Å². The second kappa shape index (κ2) is 6.70. The van der Waals surface area contributed by atoms with Crippen molar-refractivity contribution in [1.82, 2.24) is 0 Å². The Bertz CT molecular complexity index is 630. The Balaban J connectivity index is 1.90. The van der Waals surface area contributed by atoms with E-state index in [1.54, 1.807) is 24.3 Å². The molecule has 1 N–H and O–H groups in total. The van der Waals surface area contributed by atoms with E-state index in [1.165, 1.54) is 0 Å². The Labute approximate surface area is 123 Å². The Morgan fingerprint density at radius 3 is 2.24 bits per heavy atom. The molecule has 2 rings (SSSR count). The molecular formula is C17H17NO3. The minimum absolute atomic E-state index is 0.305. The van der Waals surface area contributed by atoms with Gasteiger partial charge in [-0.25, -0.2) is 4.79 Å². The molecule has 2 aromatic rings. The summed E-state index contributed by atoms with van der Waals surface area (Å²) in [4.78, 5) is 23.6. The van der Waals surface area contributed by atoms with Crippen LogP contribution >= 0.6 is 0 Å². The highest BCUT2D eigenvalue weighted by Gasteiger charge is 2.11. The number of para-hydroxylation sites is 1. The molecule has 0 unspecified atom stereocenters. The molecule has 4 nitrogen and oxygen atoms in total. The fourth-order valence-electron chi connectivity index (χ4n) is 2.03. The minimum atomic E-state index is -0.495. The van der Waals surface area contributed by atoms with E-state index in [0.29, 0.717) is 11.3 Å². The number of hydrogen-bond acceptors (Lipinski definition) is 3. The predicted octanol–water partition coefficient (Wildman–Crippen LogP) is 3.10. The molecule has 1 amide bonds. The predicted molar refractivity (Wildman–Crippen MR) is 81.3 cm³/mol. The summed E-state index contributed by atoms with van der Waals surface area (Å²) in [6.07, 6.45) is 0. The van der Waals surface area contributed by atoms with Gasteiger partial charge in [-0.2, -0.15) is 0 Å². The number of benzene rings is 2. The van der Waals surface area contributed by atoms with E-state index in [2.05, 4.69) is 5.32 Å². The Hall–Kier alpha value is -2.62. The zero-order valence-corrected chi connectivity index (χ0v) is 12.1. The van der Waals surface area contributed by atoms with Gasteiger partial charge in [0.05, 0.1) is 5.56 Å². The first-order valence-electron chi connectivity index (χ1n) is 6.65. The maximum atomic E-state index is 11.9. The van der Waals surface area contributed by atoms with Gasteiger partial charge >= 0.3 is 5.97 Å². The van der Waals surface area contributed by atoms with Crippen molar-refractivity contribution < 1.29 is 14.3 Å². The number of amides is 1. The molecule has 0 bridgehead atoms. The van der Waals surface area contributed by atoms with Gasteiger partial charge in [0, 0.05) is 5.69 Å². The minimum Gasteiger partial charge on any atom is -0.452 e. The fraction of sp³-hybridized carbons (Fsp3) is 0.176. The molecule has 0 spiro atoms. The first kappa shape index (κ1) is 14.8. The molecule has 0 aliphatic carbocycles. The molecular weight excluding hydrogens is 266 g/mol. The van der Waals surface area contributed by atoms with E-state index < -0.39 is 5.97 Å². The SMILES string of the molecule is Cc1cc(C)cc(C(=O)OCC(=O)Nc2ccccc2)c1. The smallest absolute Gasteiger partial charge is 0.338 e. The molecule has 0 aromatic heterocycles. The normalized spacial score (nSPS) is 10.0. The van der Waals surface area contributed by atoms with Crippen molar-refractivity contribution in [2.45, 2.75) is 13.8 Å². The number of carbonyl (C=O) groups is 2. The van der Waals surface area contributed by atoms with Crippen molar-refractivity contribution in [2.75, 3.05) is 11.9 Å². The molecule has 21 heavy (non-hydrogen) atoms. The van der Waals surface area contributed by atoms with E-state index in [9.17, 15) is 9.59 Å². The van der Waals surface area contributed by atoms with Crippen LogP contribution in [0.3, 0.4) is 0 Å². The first-order chi connectivity index (χ1) is 10.0. The Kier molecular flexibility index (Phi) is 4.72.